The highest BCUT2D eigenvalue weighted by molar-refractivity contribution is 5.99. The SMILES string of the molecule is FC1(F)CCN(Cc2cncc(-c3cc4c(-c5cc6c(-c7ccccn7)ccnc6[nH]5)n[nH]c4cn3)c2)C1. The Balaban J connectivity index is 1.24. The van der Waals surface area contributed by atoms with Crippen LogP contribution in [-0.4, -0.2) is 59.0 Å². The summed E-state index contributed by atoms with van der Waals surface area (Å²) in [6.07, 6.45) is 8.64. The summed E-state index contributed by atoms with van der Waals surface area (Å²) in [5.41, 5.74) is 7.38. The third-order valence-corrected chi connectivity index (χ3v) is 6.92. The second kappa shape index (κ2) is 8.77. The molecule has 0 saturated carbocycles. The largest absolute Gasteiger partial charge is 0.338 e. The van der Waals surface area contributed by atoms with Gasteiger partial charge in [0.15, 0.2) is 0 Å². The lowest BCUT2D eigenvalue weighted by Gasteiger charge is -2.15. The standard InChI is InChI=1S/C28H22F2N8/c29-28(30)5-8-38(16-28)15-17-9-18(13-31-12-17)23-11-21-25(14-34-23)36-37-26(21)24-10-20-19(4-7-33-27(20)35-24)22-3-1-2-6-32-22/h1-4,6-7,9-14H,5,8,15-16H2,(H,33,35)(H,36,37). The Kier molecular flexibility index (Phi) is 5.22. The van der Waals surface area contributed by atoms with Gasteiger partial charge in [-0.05, 0) is 42.0 Å². The van der Waals surface area contributed by atoms with Crippen molar-refractivity contribution < 1.29 is 8.78 Å². The lowest BCUT2D eigenvalue weighted by atomic mass is 10.1. The lowest BCUT2D eigenvalue weighted by molar-refractivity contribution is 0.0115. The molecule has 7 heterocycles. The first-order chi connectivity index (χ1) is 18.5. The number of aromatic amines is 2. The van der Waals surface area contributed by atoms with Gasteiger partial charge in [0.2, 0.25) is 0 Å². The summed E-state index contributed by atoms with van der Waals surface area (Å²) in [5, 5.41) is 9.48. The van der Waals surface area contributed by atoms with Gasteiger partial charge in [-0.2, -0.15) is 5.10 Å². The number of rotatable bonds is 5. The van der Waals surface area contributed by atoms with E-state index in [9.17, 15) is 8.78 Å². The first kappa shape index (κ1) is 22.6. The number of H-pyrrole nitrogens is 2. The second-order valence-corrected chi connectivity index (χ2v) is 9.60. The molecular formula is C28H22F2N8. The molecular weight excluding hydrogens is 486 g/mol. The number of nitrogens with one attached hydrogen (secondary N) is 2. The molecule has 1 fully saturated rings. The average molecular weight is 509 g/mol. The van der Waals surface area contributed by atoms with Crippen molar-refractivity contribution in [2.75, 3.05) is 13.1 Å². The zero-order valence-electron chi connectivity index (χ0n) is 20.2. The Hall–Kier alpha value is -4.57. The van der Waals surface area contributed by atoms with E-state index in [1.807, 2.05) is 42.5 Å². The van der Waals surface area contributed by atoms with E-state index in [0.717, 1.165) is 61.4 Å². The first-order valence-electron chi connectivity index (χ1n) is 12.3. The Morgan fingerprint density at radius 1 is 0.921 bits per heavy atom. The zero-order chi connectivity index (χ0) is 25.7. The van der Waals surface area contributed by atoms with Crippen LogP contribution in [0.5, 0.6) is 0 Å². The maximum Gasteiger partial charge on any atom is 0.261 e. The van der Waals surface area contributed by atoms with E-state index in [2.05, 4.69) is 35.1 Å². The van der Waals surface area contributed by atoms with Crippen LogP contribution < -0.4 is 0 Å². The molecule has 0 amide bonds. The number of fused-ring (bicyclic) bond motifs is 2. The number of hydrogen-bond acceptors (Lipinski definition) is 6. The average Bonchev–Trinajstić information content (AvgIpc) is 3.64. The molecule has 7 rings (SSSR count). The molecule has 188 valence electrons. The predicted octanol–water partition coefficient (Wildman–Crippen LogP) is 5.47. The van der Waals surface area contributed by atoms with Gasteiger partial charge in [0, 0.05) is 66.2 Å². The molecule has 0 atom stereocenters. The molecule has 0 radical (unpaired) electrons. The molecule has 0 bridgehead atoms. The fourth-order valence-corrected chi connectivity index (χ4v) is 5.09. The summed E-state index contributed by atoms with van der Waals surface area (Å²) < 4.78 is 27.3. The fourth-order valence-electron chi connectivity index (χ4n) is 5.09. The lowest BCUT2D eigenvalue weighted by Crippen LogP contribution is -2.24. The van der Waals surface area contributed by atoms with Gasteiger partial charge in [-0.3, -0.25) is 25.0 Å². The van der Waals surface area contributed by atoms with Crippen molar-refractivity contribution in [3.8, 4) is 33.9 Å². The maximum atomic E-state index is 13.6. The second-order valence-electron chi connectivity index (χ2n) is 9.60. The van der Waals surface area contributed by atoms with Crippen LogP contribution in [0.3, 0.4) is 0 Å². The Bertz CT molecular complexity index is 1780. The van der Waals surface area contributed by atoms with Crippen LogP contribution in [0.4, 0.5) is 8.78 Å². The third kappa shape index (κ3) is 4.08. The third-order valence-electron chi connectivity index (χ3n) is 6.92. The molecule has 0 spiro atoms. The van der Waals surface area contributed by atoms with Crippen molar-refractivity contribution in [2.24, 2.45) is 0 Å². The van der Waals surface area contributed by atoms with Crippen molar-refractivity contribution in [2.45, 2.75) is 18.9 Å². The predicted molar refractivity (Wildman–Crippen MR) is 140 cm³/mol. The topological polar surface area (TPSA) is 99.3 Å². The summed E-state index contributed by atoms with van der Waals surface area (Å²) in [6.45, 7) is 0.582. The molecule has 6 aromatic heterocycles. The van der Waals surface area contributed by atoms with Gasteiger partial charge in [0.05, 0.1) is 35.3 Å². The number of nitrogens with zero attached hydrogens (tertiary/aromatic N) is 6. The van der Waals surface area contributed by atoms with Gasteiger partial charge < -0.3 is 4.98 Å². The van der Waals surface area contributed by atoms with Crippen molar-refractivity contribution >= 4 is 21.9 Å². The number of likely N-dealkylation sites (tertiary alicyclic amines) is 1. The van der Waals surface area contributed by atoms with Crippen LogP contribution in [0.15, 0.2) is 73.4 Å². The number of alkyl halides is 2. The van der Waals surface area contributed by atoms with E-state index in [1.165, 1.54) is 0 Å². The van der Waals surface area contributed by atoms with E-state index in [1.54, 1.807) is 35.9 Å². The first-order valence-corrected chi connectivity index (χ1v) is 12.3. The van der Waals surface area contributed by atoms with Gasteiger partial charge in [-0.1, -0.05) is 6.07 Å². The minimum absolute atomic E-state index is 0.103. The monoisotopic (exact) mass is 508 g/mol. The Morgan fingerprint density at radius 2 is 1.87 bits per heavy atom. The van der Waals surface area contributed by atoms with Gasteiger partial charge >= 0.3 is 0 Å². The summed E-state index contributed by atoms with van der Waals surface area (Å²) >= 11 is 0. The van der Waals surface area contributed by atoms with E-state index in [0.29, 0.717) is 13.1 Å². The van der Waals surface area contributed by atoms with Crippen LogP contribution in [0, 0.1) is 0 Å². The maximum absolute atomic E-state index is 13.6. The minimum atomic E-state index is -2.62. The molecule has 38 heavy (non-hydrogen) atoms. The van der Waals surface area contributed by atoms with E-state index >= 15 is 0 Å². The summed E-state index contributed by atoms with van der Waals surface area (Å²) in [7, 11) is 0. The summed E-state index contributed by atoms with van der Waals surface area (Å²) in [4.78, 5) is 23.1. The quantitative estimate of drug-likeness (QED) is 0.321. The number of pyridine rings is 4. The van der Waals surface area contributed by atoms with Crippen LogP contribution in [0.2, 0.25) is 0 Å². The number of aromatic nitrogens is 7. The van der Waals surface area contributed by atoms with Gasteiger partial charge in [0.1, 0.15) is 11.3 Å². The number of hydrogen-bond donors (Lipinski definition) is 2. The molecule has 2 N–H and O–H groups in total. The summed E-state index contributed by atoms with van der Waals surface area (Å²) in [5.74, 6) is -2.62. The molecule has 1 saturated heterocycles. The molecule has 0 aromatic carbocycles. The Morgan fingerprint density at radius 3 is 2.71 bits per heavy atom. The van der Waals surface area contributed by atoms with E-state index in [4.69, 9.17) is 0 Å². The molecule has 6 aromatic rings. The highest BCUT2D eigenvalue weighted by atomic mass is 19.3. The zero-order valence-corrected chi connectivity index (χ0v) is 20.2. The number of halogens is 2. The van der Waals surface area contributed by atoms with Gasteiger partial charge in [-0.15, -0.1) is 0 Å². The molecule has 0 unspecified atom stereocenters. The van der Waals surface area contributed by atoms with Crippen molar-refractivity contribution in [1.29, 1.82) is 0 Å². The molecule has 10 heteroatoms. The van der Waals surface area contributed by atoms with Crippen LogP contribution in [0.25, 0.3) is 55.8 Å². The molecule has 0 aliphatic carbocycles. The van der Waals surface area contributed by atoms with Gasteiger partial charge in [-0.25, -0.2) is 13.8 Å². The highest BCUT2D eigenvalue weighted by Crippen LogP contribution is 2.34. The van der Waals surface area contributed by atoms with Crippen LogP contribution >= 0.6 is 0 Å². The normalized spacial score (nSPS) is 15.5. The fraction of sp³-hybridized carbons (Fsp3) is 0.179. The smallest absolute Gasteiger partial charge is 0.261 e. The van der Waals surface area contributed by atoms with Crippen molar-refractivity contribution in [3.05, 3.63) is 79.0 Å². The highest BCUT2D eigenvalue weighted by Gasteiger charge is 2.37. The van der Waals surface area contributed by atoms with Crippen LogP contribution in [0.1, 0.15) is 12.0 Å². The van der Waals surface area contributed by atoms with Gasteiger partial charge in [0.25, 0.3) is 5.92 Å². The summed E-state index contributed by atoms with van der Waals surface area (Å²) in [6, 6.07) is 13.7. The van der Waals surface area contributed by atoms with E-state index in [-0.39, 0.29) is 13.0 Å². The molecule has 8 nitrogen and oxygen atoms in total. The van der Waals surface area contributed by atoms with E-state index < -0.39 is 5.92 Å². The Labute approximate surface area is 215 Å². The molecule has 1 aliphatic rings. The van der Waals surface area contributed by atoms with Crippen molar-refractivity contribution in [1.82, 2.24) is 40.0 Å². The minimum Gasteiger partial charge on any atom is -0.338 e. The molecule has 1 aliphatic heterocycles. The van der Waals surface area contributed by atoms with Crippen LogP contribution in [-0.2, 0) is 6.54 Å². The van der Waals surface area contributed by atoms with Crippen molar-refractivity contribution in [3.63, 3.8) is 0 Å².